The molecule has 0 aliphatic carbocycles. The monoisotopic (exact) mass is 344 g/mol. The van der Waals surface area contributed by atoms with Gasteiger partial charge < -0.3 is 15.2 Å². The number of carbonyl (C=O) groups excluding carboxylic acids is 1. The Balaban J connectivity index is 1.86. The van der Waals surface area contributed by atoms with Crippen molar-refractivity contribution in [3.05, 3.63) is 47.0 Å². The summed E-state index contributed by atoms with van der Waals surface area (Å²) in [5.74, 6) is 1.36. The van der Waals surface area contributed by atoms with Crippen LogP contribution in [0.5, 0.6) is 0 Å². The lowest BCUT2D eigenvalue weighted by molar-refractivity contribution is 0.0563. The first-order valence-corrected chi connectivity index (χ1v) is 8.41. The molecule has 1 aromatic heterocycles. The maximum Gasteiger partial charge on any atom is 0.252 e. The zero-order chi connectivity index (χ0) is 18.0. The number of hydrogen-bond donors (Lipinski definition) is 2. The van der Waals surface area contributed by atoms with E-state index in [2.05, 4.69) is 15.4 Å². The Kier molecular flexibility index (Phi) is 4.87. The summed E-state index contributed by atoms with van der Waals surface area (Å²) in [5.41, 5.74) is 0.780. The lowest BCUT2D eigenvalue weighted by Gasteiger charge is -2.19. The van der Waals surface area contributed by atoms with Crippen LogP contribution in [-0.2, 0) is 24.1 Å². The van der Waals surface area contributed by atoms with Gasteiger partial charge in [-0.1, -0.05) is 18.2 Å². The van der Waals surface area contributed by atoms with E-state index in [4.69, 9.17) is 4.74 Å². The summed E-state index contributed by atoms with van der Waals surface area (Å²) in [5, 5.41) is 17.7. The van der Waals surface area contributed by atoms with Crippen LogP contribution in [0.2, 0.25) is 0 Å². The van der Waals surface area contributed by atoms with E-state index < -0.39 is 5.60 Å². The van der Waals surface area contributed by atoms with Gasteiger partial charge in [0.05, 0.1) is 24.8 Å². The molecular formula is C18H24N4O3. The zero-order valence-electron chi connectivity index (χ0n) is 14.8. The van der Waals surface area contributed by atoms with Gasteiger partial charge in [0.1, 0.15) is 5.82 Å². The number of carbonyl (C=O) groups is 1. The SMILES string of the molecule is COCCc1nc(CC2NC(=O)c3ccccc32)n(CC(C)(C)O)n1. The highest BCUT2D eigenvalue weighted by Gasteiger charge is 2.30. The van der Waals surface area contributed by atoms with Crippen LogP contribution in [0.3, 0.4) is 0 Å². The van der Waals surface area contributed by atoms with Crippen molar-refractivity contribution in [1.29, 1.82) is 0 Å². The molecule has 0 radical (unpaired) electrons. The second kappa shape index (κ2) is 6.93. The molecule has 1 aliphatic rings. The predicted octanol–water partition coefficient (Wildman–Crippen LogP) is 1.27. The summed E-state index contributed by atoms with van der Waals surface area (Å²) in [6, 6.07) is 7.44. The van der Waals surface area contributed by atoms with Crippen molar-refractivity contribution >= 4 is 5.91 Å². The van der Waals surface area contributed by atoms with Crippen molar-refractivity contribution in [3.63, 3.8) is 0 Å². The number of hydrogen-bond acceptors (Lipinski definition) is 5. The maximum atomic E-state index is 12.1. The first kappa shape index (κ1) is 17.6. The van der Waals surface area contributed by atoms with Crippen LogP contribution in [0.1, 0.15) is 47.5 Å². The smallest absolute Gasteiger partial charge is 0.252 e. The second-order valence-electron chi connectivity index (χ2n) is 6.97. The Labute approximate surface area is 147 Å². The van der Waals surface area contributed by atoms with Gasteiger partial charge in [-0.15, -0.1) is 0 Å². The molecule has 0 saturated heterocycles. The van der Waals surface area contributed by atoms with Crippen molar-refractivity contribution in [3.8, 4) is 0 Å². The van der Waals surface area contributed by atoms with Crippen LogP contribution in [0.4, 0.5) is 0 Å². The fourth-order valence-corrected chi connectivity index (χ4v) is 3.03. The molecule has 1 atom stereocenters. The maximum absolute atomic E-state index is 12.1. The molecule has 25 heavy (non-hydrogen) atoms. The molecule has 0 spiro atoms. The second-order valence-corrected chi connectivity index (χ2v) is 6.97. The molecule has 1 aliphatic heterocycles. The van der Waals surface area contributed by atoms with E-state index in [-0.39, 0.29) is 11.9 Å². The van der Waals surface area contributed by atoms with Gasteiger partial charge in [0, 0.05) is 25.5 Å². The van der Waals surface area contributed by atoms with Crippen LogP contribution in [-0.4, -0.2) is 45.1 Å². The molecule has 134 valence electrons. The van der Waals surface area contributed by atoms with Crippen molar-refractivity contribution in [1.82, 2.24) is 20.1 Å². The quantitative estimate of drug-likeness (QED) is 0.789. The third-order valence-electron chi connectivity index (χ3n) is 4.13. The Hall–Kier alpha value is -2.25. The van der Waals surface area contributed by atoms with Crippen LogP contribution >= 0.6 is 0 Å². The molecular weight excluding hydrogens is 320 g/mol. The highest BCUT2D eigenvalue weighted by atomic mass is 16.5. The molecule has 7 heteroatoms. The average Bonchev–Trinajstić information content (AvgIpc) is 3.06. The topological polar surface area (TPSA) is 89.3 Å². The molecule has 1 amide bonds. The lowest BCUT2D eigenvalue weighted by atomic mass is 10.0. The molecule has 1 unspecified atom stereocenters. The summed E-state index contributed by atoms with van der Waals surface area (Å²) in [6.45, 7) is 4.35. The highest BCUT2D eigenvalue weighted by molar-refractivity contribution is 5.99. The molecule has 2 N–H and O–H groups in total. The lowest BCUT2D eigenvalue weighted by Crippen LogP contribution is -2.29. The number of aromatic nitrogens is 3. The number of amides is 1. The number of ether oxygens (including phenoxy) is 1. The molecule has 3 rings (SSSR count). The third-order valence-corrected chi connectivity index (χ3v) is 4.13. The van der Waals surface area contributed by atoms with Gasteiger partial charge in [0.25, 0.3) is 5.91 Å². The fraction of sp³-hybridized carbons (Fsp3) is 0.500. The Morgan fingerprint density at radius 1 is 1.36 bits per heavy atom. The fourth-order valence-electron chi connectivity index (χ4n) is 3.03. The molecule has 2 aromatic rings. The van der Waals surface area contributed by atoms with Gasteiger partial charge in [-0.3, -0.25) is 4.79 Å². The van der Waals surface area contributed by atoms with Crippen LogP contribution in [0.25, 0.3) is 0 Å². The van der Waals surface area contributed by atoms with Crippen molar-refractivity contribution in [2.75, 3.05) is 13.7 Å². The van der Waals surface area contributed by atoms with Crippen molar-refractivity contribution in [2.24, 2.45) is 0 Å². The number of aliphatic hydroxyl groups is 1. The van der Waals surface area contributed by atoms with Gasteiger partial charge in [-0.25, -0.2) is 9.67 Å². The summed E-state index contributed by atoms with van der Waals surface area (Å²) >= 11 is 0. The van der Waals surface area contributed by atoms with E-state index in [0.29, 0.717) is 37.4 Å². The molecule has 0 saturated carbocycles. The highest BCUT2D eigenvalue weighted by Crippen LogP contribution is 2.27. The Morgan fingerprint density at radius 2 is 2.12 bits per heavy atom. The van der Waals surface area contributed by atoms with E-state index in [9.17, 15) is 9.90 Å². The Bertz CT molecular complexity index is 764. The van der Waals surface area contributed by atoms with Gasteiger partial charge in [0.15, 0.2) is 5.82 Å². The summed E-state index contributed by atoms with van der Waals surface area (Å²) in [7, 11) is 1.64. The number of methoxy groups -OCH3 is 1. The van der Waals surface area contributed by atoms with E-state index >= 15 is 0 Å². The van der Waals surface area contributed by atoms with Crippen LogP contribution in [0.15, 0.2) is 24.3 Å². The minimum atomic E-state index is -0.905. The number of nitrogens with one attached hydrogen (secondary N) is 1. The van der Waals surface area contributed by atoms with Gasteiger partial charge in [-0.2, -0.15) is 5.10 Å². The largest absolute Gasteiger partial charge is 0.389 e. The average molecular weight is 344 g/mol. The van der Waals surface area contributed by atoms with Gasteiger partial charge in [-0.05, 0) is 25.5 Å². The van der Waals surface area contributed by atoms with E-state index in [1.54, 1.807) is 25.6 Å². The molecule has 2 heterocycles. The number of rotatable bonds is 7. The number of fused-ring (bicyclic) bond motifs is 1. The normalized spacial score (nSPS) is 16.8. The standard InChI is InChI=1S/C18H24N4O3/c1-18(2,24)11-22-16(20-15(21-22)8-9-25-3)10-14-12-6-4-5-7-13(12)17(23)19-14/h4-7,14,24H,8-11H2,1-3H3,(H,19,23). The number of benzene rings is 1. The molecule has 7 nitrogen and oxygen atoms in total. The molecule has 1 aromatic carbocycles. The van der Waals surface area contributed by atoms with E-state index in [1.165, 1.54) is 0 Å². The number of nitrogens with zero attached hydrogens (tertiary/aromatic N) is 3. The summed E-state index contributed by atoms with van der Waals surface area (Å²) in [4.78, 5) is 16.7. The van der Waals surface area contributed by atoms with Crippen molar-refractivity contribution < 1.29 is 14.6 Å². The van der Waals surface area contributed by atoms with E-state index in [0.717, 1.165) is 11.4 Å². The van der Waals surface area contributed by atoms with E-state index in [1.807, 2.05) is 24.3 Å². The van der Waals surface area contributed by atoms with Gasteiger partial charge >= 0.3 is 0 Å². The van der Waals surface area contributed by atoms with Crippen molar-refractivity contribution in [2.45, 2.75) is 44.9 Å². The third kappa shape index (κ3) is 4.05. The first-order chi connectivity index (χ1) is 11.9. The molecule has 0 fully saturated rings. The minimum absolute atomic E-state index is 0.0613. The molecule has 0 bridgehead atoms. The van der Waals surface area contributed by atoms with Crippen LogP contribution in [0, 0.1) is 0 Å². The Morgan fingerprint density at radius 3 is 2.84 bits per heavy atom. The summed E-state index contributed by atoms with van der Waals surface area (Å²) in [6.07, 6.45) is 1.13. The minimum Gasteiger partial charge on any atom is -0.389 e. The van der Waals surface area contributed by atoms with Crippen LogP contribution < -0.4 is 5.32 Å². The summed E-state index contributed by atoms with van der Waals surface area (Å²) < 4.78 is 6.83. The first-order valence-electron chi connectivity index (χ1n) is 8.41. The van der Waals surface area contributed by atoms with Gasteiger partial charge in [0.2, 0.25) is 0 Å². The zero-order valence-corrected chi connectivity index (χ0v) is 14.8. The predicted molar refractivity (Wildman–Crippen MR) is 92.3 cm³/mol.